The number of nitrogens with zero attached hydrogens (tertiary/aromatic N) is 2. The van der Waals surface area contributed by atoms with Crippen LogP contribution in [0.3, 0.4) is 0 Å². The van der Waals surface area contributed by atoms with Crippen molar-refractivity contribution in [3.63, 3.8) is 0 Å². The molecule has 0 atom stereocenters. The Morgan fingerprint density at radius 2 is 0.957 bits per heavy atom. The monoisotopic (exact) mass is 304 g/mol. The standard InChI is InChI=1S/C12H10N2.C7H6O2/c1-3-7-11(8-4-1)13-14-12-9-5-2-6-10-12;8-7(9)6-4-2-1-3-5-6/h1-10H;1-5H,(H,8,9). The van der Waals surface area contributed by atoms with Crippen molar-refractivity contribution in [3.05, 3.63) is 96.6 Å². The molecular formula is C19H16N2O2. The van der Waals surface area contributed by atoms with Crippen molar-refractivity contribution >= 4 is 17.3 Å². The van der Waals surface area contributed by atoms with Crippen molar-refractivity contribution in [1.29, 1.82) is 0 Å². The van der Waals surface area contributed by atoms with Gasteiger partial charge in [0.05, 0.1) is 16.9 Å². The van der Waals surface area contributed by atoms with Gasteiger partial charge in [-0.1, -0.05) is 54.6 Å². The van der Waals surface area contributed by atoms with Gasteiger partial charge in [0.1, 0.15) is 0 Å². The average Bonchev–Trinajstić information content (AvgIpc) is 2.63. The normalized spacial score (nSPS) is 9.91. The molecule has 0 aliphatic carbocycles. The van der Waals surface area contributed by atoms with Gasteiger partial charge in [-0.2, -0.15) is 10.2 Å². The maximum Gasteiger partial charge on any atom is 0.335 e. The van der Waals surface area contributed by atoms with E-state index in [2.05, 4.69) is 10.2 Å². The Labute approximate surface area is 134 Å². The number of azo groups is 1. The van der Waals surface area contributed by atoms with Crippen molar-refractivity contribution in [3.8, 4) is 0 Å². The van der Waals surface area contributed by atoms with E-state index >= 15 is 0 Å². The Bertz CT molecular complexity index is 701. The van der Waals surface area contributed by atoms with Gasteiger partial charge in [-0.25, -0.2) is 4.79 Å². The van der Waals surface area contributed by atoms with Gasteiger partial charge < -0.3 is 5.11 Å². The summed E-state index contributed by atoms with van der Waals surface area (Å²) < 4.78 is 0. The maximum absolute atomic E-state index is 10.2. The molecule has 0 spiro atoms. The molecule has 3 aromatic carbocycles. The first-order chi connectivity index (χ1) is 11.3. The first-order valence-corrected chi connectivity index (χ1v) is 7.06. The van der Waals surface area contributed by atoms with Crippen molar-refractivity contribution in [2.45, 2.75) is 0 Å². The van der Waals surface area contributed by atoms with Crippen LogP contribution in [0.25, 0.3) is 0 Å². The molecule has 0 unspecified atom stereocenters. The summed E-state index contributed by atoms with van der Waals surface area (Å²) in [6, 6.07) is 27.7. The zero-order chi connectivity index (χ0) is 16.3. The molecule has 0 aliphatic heterocycles. The van der Waals surface area contributed by atoms with Gasteiger partial charge in [0.15, 0.2) is 0 Å². The molecule has 23 heavy (non-hydrogen) atoms. The molecule has 0 fully saturated rings. The van der Waals surface area contributed by atoms with Crippen LogP contribution in [-0.4, -0.2) is 11.1 Å². The number of carboxylic acids is 1. The summed E-state index contributed by atoms with van der Waals surface area (Å²) >= 11 is 0. The van der Waals surface area contributed by atoms with E-state index in [0.29, 0.717) is 5.56 Å². The third-order valence-electron chi connectivity index (χ3n) is 2.81. The maximum atomic E-state index is 10.2. The van der Waals surface area contributed by atoms with Gasteiger partial charge in [-0.3, -0.25) is 0 Å². The SMILES string of the molecule is O=C(O)c1ccccc1.c1ccc(N=Nc2ccccc2)cc1. The Kier molecular flexibility index (Phi) is 6.23. The summed E-state index contributed by atoms with van der Waals surface area (Å²) in [6.07, 6.45) is 0. The summed E-state index contributed by atoms with van der Waals surface area (Å²) in [7, 11) is 0. The van der Waals surface area contributed by atoms with Crippen LogP contribution in [0, 0.1) is 0 Å². The van der Waals surface area contributed by atoms with Gasteiger partial charge >= 0.3 is 5.97 Å². The lowest BCUT2D eigenvalue weighted by molar-refractivity contribution is 0.0697. The largest absolute Gasteiger partial charge is 0.478 e. The third kappa shape index (κ3) is 5.93. The predicted molar refractivity (Wildman–Crippen MR) is 90.5 cm³/mol. The van der Waals surface area contributed by atoms with E-state index < -0.39 is 5.97 Å². The zero-order valence-electron chi connectivity index (χ0n) is 12.4. The topological polar surface area (TPSA) is 62.0 Å². The van der Waals surface area contributed by atoms with Gasteiger partial charge in [0, 0.05) is 0 Å². The lowest BCUT2D eigenvalue weighted by atomic mass is 10.2. The van der Waals surface area contributed by atoms with Crippen LogP contribution in [0.2, 0.25) is 0 Å². The Balaban J connectivity index is 0.000000185. The number of carboxylic acid groups (broad SMARTS) is 1. The Morgan fingerprint density at radius 1 is 0.609 bits per heavy atom. The molecule has 114 valence electrons. The average molecular weight is 304 g/mol. The molecule has 3 aromatic rings. The fraction of sp³-hybridized carbons (Fsp3) is 0. The van der Waals surface area contributed by atoms with E-state index in [1.165, 1.54) is 0 Å². The summed E-state index contributed by atoms with van der Waals surface area (Å²) in [6.45, 7) is 0. The van der Waals surface area contributed by atoms with Crippen LogP contribution in [0.5, 0.6) is 0 Å². The zero-order valence-corrected chi connectivity index (χ0v) is 12.4. The summed E-state index contributed by atoms with van der Waals surface area (Å²) in [4.78, 5) is 10.2. The van der Waals surface area contributed by atoms with Crippen LogP contribution >= 0.6 is 0 Å². The minimum absolute atomic E-state index is 0.331. The molecule has 0 saturated carbocycles. The van der Waals surface area contributed by atoms with Crippen molar-refractivity contribution < 1.29 is 9.90 Å². The van der Waals surface area contributed by atoms with Crippen molar-refractivity contribution in [2.24, 2.45) is 10.2 Å². The predicted octanol–water partition coefficient (Wildman–Crippen LogP) is 5.49. The molecule has 0 radical (unpaired) electrons. The number of hydrogen-bond acceptors (Lipinski definition) is 3. The molecule has 1 N–H and O–H groups in total. The van der Waals surface area contributed by atoms with Crippen molar-refractivity contribution in [2.75, 3.05) is 0 Å². The summed E-state index contributed by atoms with van der Waals surface area (Å²) in [5, 5.41) is 16.6. The molecule has 4 heteroatoms. The van der Waals surface area contributed by atoms with Crippen molar-refractivity contribution in [1.82, 2.24) is 0 Å². The van der Waals surface area contributed by atoms with E-state index in [1.54, 1.807) is 30.3 Å². The van der Waals surface area contributed by atoms with Gasteiger partial charge in [-0.15, -0.1) is 0 Å². The summed E-state index contributed by atoms with van der Waals surface area (Å²) in [5.74, 6) is -0.879. The molecule has 0 heterocycles. The van der Waals surface area contributed by atoms with Gasteiger partial charge in [-0.05, 0) is 36.4 Å². The lowest BCUT2D eigenvalue weighted by Gasteiger charge is -1.91. The fourth-order valence-corrected chi connectivity index (χ4v) is 1.69. The first kappa shape index (κ1) is 16.1. The molecule has 0 aromatic heterocycles. The van der Waals surface area contributed by atoms with E-state index in [9.17, 15) is 4.79 Å². The van der Waals surface area contributed by atoms with E-state index in [-0.39, 0.29) is 0 Å². The quantitative estimate of drug-likeness (QED) is 0.650. The second-order valence-corrected chi connectivity index (χ2v) is 4.54. The summed E-state index contributed by atoms with van der Waals surface area (Å²) in [5.41, 5.74) is 2.07. The van der Waals surface area contributed by atoms with E-state index in [1.807, 2.05) is 60.7 Å². The molecule has 0 bridgehead atoms. The van der Waals surface area contributed by atoms with E-state index in [4.69, 9.17) is 5.11 Å². The van der Waals surface area contributed by atoms with Crippen LogP contribution in [0.15, 0.2) is 101 Å². The first-order valence-electron chi connectivity index (χ1n) is 7.06. The highest BCUT2D eigenvalue weighted by molar-refractivity contribution is 5.87. The Morgan fingerprint density at radius 3 is 1.26 bits per heavy atom. The third-order valence-corrected chi connectivity index (χ3v) is 2.81. The number of aromatic carboxylic acids is 1. The van der Waals surface area contributed by atoms with Gasteiger partial charge in [0.2, 0.25) is 0 Å². The minimum atomic E-state index is -0.879. The van der Waals surface area contributed by atoms with Crippen LogP contribution in [-0.2, 0) is 0 Å². The molecule has 0 saturated heterocycles. The smallest absolute Gasteiger partial charge is 0.335 e. The second kappa shape index (κ2) is 8.89. The minimum Gasteiger partial charge on any atom is -0.478 e. The number of rotatable bonds is 3. The van der Waals surface area contributed by atoms with Crippen LogP contribution in [0.4, 0.5) is 11.4 Å². The van der Waals surface area contributed by atoms with Crippen LogP contribution < -0.4 is 0 Å². The Hall–Kier alpha value is -3.27. The lowest BCUT2D eigenvalue weighted by Crippen LogP contribution is -1.93. The van der Waals surface area contributed by atoms with E-state index in [0.717, 1.165) is 11.4 Å². The highest BCUT2D eigenvalue weighted by atomic mass is 16.4. The molecule has 3 rings (SSSR count). The van der Waals surface area contributed by atoms with Crippen LogP contribution in [0.1, 0.15) is 10.4 Å². The fourth-order valence-electron chi connectivity index (χ4n) is 1.69. The second-order valence-electron chi connectivity index (χ2n) is 4.54. The molecule has 0 amide bonds. The number of benzene rings is 3. The molecular weight excluding hydrogens is 288 g/mol. The molecule has 0 aliphatic rings. The highest BCUT2D eigenvalue weighted by Crippen LogP contribution is 2.16. The van der Waals surface area contributed by atoms with Gasteiger partial charge in [0.25, 0.3) is 0 Å². The number of carbonyl (C=O) groups is 1. The number of hydrogen-bond donors (Lipinski definition) is 1. The highest BCUT2D eigenvalue weighted by Gasteiger charge is 1.96. The molecule has 4 nitrogen and oxygen atoms in total.